The molecule has 1 rings (SSSR count). The second-order valence-electron chi connectivity index (χ2n) is 6.60. The van der Waals surface area contributed by atoms with Crippen LogP contribution in [0.4, 0.5) is 0 Å². The van der Waals surface area contributed by atoms with E-state index < -0.39 is 22.7 Å². The first-order valence-electron chi connectivity index (χ1n) is 7.95. The lowest BCUT2D eigenvalue weighted by Gasteiger charge is -2.25. The van der Waals surface area contributed by atoms with Gasteiger partial charge in [-0.3, -0.25) is 4.79 Å². The topological polar surface area (TPSA) is 65.0 Å². The third kappa shape index (κ3) is 6.80. The maximum Gasteiger partial charge on any atom is 0.344 e. The Bertz CT molecular complexity index is 483. The summed E-state index contributed by atoms with van der Waals surface area (Å²) in [6.45, 7) is 5.70. The van der Waals surface area contributed by atoms with Gasteiger partial charge in [0.2, 0.25) is 0 Å². The molecule has 1 saturated carbocycles. The molecule has 0 N–H and O–H groups in total. The molecule has 0 saturated heterocycles. The second-order valence-corrected chi connectivity index (χ2v) is 8.01. The molecule has 0 aromatic rings. The van der Waals surface area contributed by atoms with E-state index in [1.165, 1.54) is 32.4 Å². The number of nitrogens with zero attached hydrogens (tertiary/aromatic N) is 1. The molecule has 0 heterocycles. The predicted octanol–water partition coefficient (Wildman–Crippen LogP) is 3.16. The third-order valence-electron chi connectivity index (χ3n) is 3.48. The average molecular weight is 341 g/mol. The number of hydrogen-bond donors (Lipinski definition) is 0. The molecule has 130 valence electrons. The summed E-state index contributed by atoms with van der Waals surface area (Å²) >= 11 is 1.47. The highest BCUT2D eigenvalue weighted by Gasteiger charge is 2.33. The van der Waals surface area contributed by atoms with Gasteiger partial charge in [0.15, 0.2) is 0 Å². The zero-order chi connectivity index (χ0) is 17.5. The second kappa shape index (κ2) is 9.14. The van der Waals surface area contributed by atoms with E-state index in [0.29, 0.717) is 5.25 Å². The van der Waals surface area contributed by atoms with Crippen LogP contribution in [-0.4, -0.2) is 48.1 Å². The van der Waals surface area contributed by atoms with Crippen LogP contribution >= 0.6 is 11.8 Å². The van der Waals surface area contributed by atoms with Gasteiger partial charge in [0.25, 0.3) is 0 Å². The van der Waals surface area contributed by atoms with Crippen molar-refractivity contribution in [1.29, 1.82) is 0 Å². The van der Waals surface area contributed by atoms with Crippen LogP contribution < -0.4 is 0 Å². The van der Waals surface area contributed by atoms with Crippen LogP contribution in [0.1, 0.15) is 52.9 Å². The van der Waals surface area contributed by atoms with Gasteiger partial charge in [-0.1, -0.05) is 19.3 Å². The molecule has 1 atom stereocenters. The van der Waals surface area contributed by atoms with Crippen LogP contribution in [0, 0.1) is 0 Å². The molecule has 0 spiro atoms. The van der Waals surface area contributed by atoms with Crippen molar-refractivity contribution in [3.05, 3.63) is 5.57 Å². The standard InChI is InChI=1S/C17H27NO4S/c1-17(2,3)18-11-13(15(19)21-4)14(16(20)22-5)23-12-9-7-6-8-10-12/h12,14H,6-10H2,1-5H3. The molecule has 1 aliphatic rings. The van der Waals surface area contributed by atoms with Gasteiger partial charge < -0.3 is 9.47 Å². The highest BCUT2D eigenvalue weighted by molar-refractivity contribution is 8.01. The lowest BCUT2D eigenvalue weighted by molar-refractivity contribution is -0.142. The number of methoxy groups -OCH3 is 2. The molecule has 0 amide bonds. The van der Waals surface area contributed by atoms with Crippen molar-refractivity contribution >= 4 is 29.6 Å². The SMILES string of the molecule is COC(=O)C(=C=NC(C)(C)C)C(SC1CCCCC1)C(=O)OC. The van der Waals surface area contributed by atoms with E-state index in [0.717, 1.165) is 25.7 Å². The predicted molar refractivity (Wildman–Crippen MR) is 93.0 cm³/mol. The number of esters is 2. The fourth-order valence-corrected chi connectivity index (χ4v) is 3.77. The van der Waals surface area contributed by atoms with Crippen LogP contribution in [-0.2, 0) is 19.1 Å². The lowest BCUT2D eigenvalue weighted by atomic mass is 10.0. The van der Waals surface area contributed by atoms with Crippen molar-refractivity contribution in [2.45, 2.75) is 68.9 Å². The fourth-order valence-electron chi connectivity index (χ4n) is 2.29. The van der Waals surface area contributed by atoms with E-state index in [1.807, 2.05) is 20.8 Å². The summed E-state index contributed by atoms with van der Waals surface area (Å²) in [6, 6.07) is 0. The Morgan fingerprint density at radius 3 is 2.22 bits per heavy atom. The number of hydrogen-bond acceptors (Lipinski definition) is 6. The number of carbonyl (C=O) groups excluding carboxylic acids is 2. The largest absolute Gasteiger partial charge is 0.468 e. The van der Waals surface area contributed by atoms with Crippen LogP contribution in [0.3, 0.4) is 0 Å². The molecule has 0 aromatic heterocycles. The summed E-state index contributed by atoms with van der Waals surface area (Å²) in [4.78, 5) is 28.6. The van der Waals surface area contributed by atoms with Gasteiger partial charge in [-0.25, -0.2) is 9.79 Å². The van der Waals surface area contributed by atoms with E-state index in [-0.39, 0.29) is 5.57 Å². The molecule has 0 radical (unpaired) electrons. The van der Waals surface area contributed by atoms with E-state index >= 15 is 0 Å². The van der Waals surface area contributed by atoms with E-state index in [1.54, 1.807) is 0 Å². The van der Waals surface area contributed by atoms with Gasteiger partial charge in [-0.2, -0.15) is 0 Å². The Hall–Kier alpha value is -1.26. The third-order valence-corrected chi connectivity index (χ3v) is 5.03. The first-order valence-corrected chi connectivity index (χ1v) is 8.89. The molecular formula is C17H27NO4S. The molecule has 6 heteroatoms. The zero-order valence-corrected chi connectivity index (χ0v) is 15.5. The summed E-state index contributed by atoms with van der Waals surface area (Å²) in [6.07, 6.45) is 5.62. The Kier molecular flexibility index (Phi) is 7.86. The smallest absolute Gasteiger partial charge is 0.344 e. The van der Waals surface area contributed by atoms with Gasteiger partial charge in [0.05, 0.1) is 19.8 Å². The summed E-state index contributed by atoms with van der Waals surface area (Å²) in [5.41, 5.74) is -0.264. The van der Waals surface area contributed by atoms with Gasteiger partial charge in [-0.15, -0.1) is 11.8 Å². The highest BCUT2D eigenvalue weighted by Crippen LogP contribution is 2.34. The molecule has 23 heavy (non-hydrogen) atoms. The van der Waals surface area contributed by atoms with Crippen molar-refractivity contribution < 1.29 is 19.1 Å². The molecule has 0 bridgehead atoms. The van der Waals surface area contributed by atoms with Crippen molar-refractivity contribution in [3.8, 4) is 0 Å². The van der Waals surface area contributed by atoms with Gasteiger partial charge in [0.1, 0.15) is 10.8 Å². The molecular weight excluding hydrogens is 314 g/mol. The van der Waals surface area contributed by atoms with Gasteiger partial charge >= 0.3 is 11.9 Å². The maximum atomic E-state index is 12.2. The summed E-state index contributed by atoms with van der Waals surface area (Å²) in [7, 11) is 2.62. The molecule has 5 nitrogen and oxygen atoms in total. The molecule has 1 fully saturated rings. The average Bonchev–Trinajstić information content (AvgIpc) is 2.52. The Morgan fingerprint density at radius 1 is 1.13 bits per heavy atom. The van der Waals surface area contributed by atoms with Crippen LogP contribution in [0.2, 0.25) is 0 Å². The summed E-state index contributed by atoms with van der Waals surface area (Å²) in [5, 5.41) is -0.411. The normalized spacial score (nSPS) is 16.9. The number of thioether (sulfide) groups is 1. The molecule has 0 aromatic carbocycles. The summed E-state index contributed by atoms with van der Waals surface area (Å²) in [5.74, 6) is 1.71. The van der Waals surface area contributed by atoms with Crippen molar-refractivity contribution in [3.63, 3.8) is 0 Å². The van der Waals surface area contributed by atoms with Crippen molar-refractivity contribution in [1.82, 2.24) is 0 Å². The lowest BCUT2D eigenvalue weighted by Crippen LogP contribution is -2.30. The zero-order valence-electron chi connectivity index (χ0n) is 14.7. The number of ether oxygens (including phenoxy) is 2. The number of rotatable bonds is 5. The first-order chi connectivity index (χ1) is 10.8. The molecule has 0 aliphatic heterocycles. The van der Waals surface area contributed by atoms with Gasteiger partial charge in [0, 0.05) is 5.25 Å². The van der Waals surface area contributed by atoms with Crippen LogP contribution in [0.25, 0.3) is 0 Å². The quantitative estimate of drug-likeness (QED) is 0.436. The Balaban J connectivity index is 3.13. The highest BCUT2D eigenvalue weighted by atomic mass is 32.2. The van der Waals surface area contributed by atoms with Crippen molar-refractivity contribution in [2.75, 3.05) is 14.2 Å². The van der Waals surface area contributed by atoms with Crippen molar-refractivity contribution in [2.24, 2.45) is 4.99 Å². The minimum Gasteiger partial charge on any atom is -0.468 e. The first kappa shape index (κ1) is 19.8. The maximum absolute atomic E-state index is 12.2. The Morgan fingerprint density at radius 2 is 1.74 bits per heavy atom. The van der Waals surface area contributed by atoms with Crippen LogP contribution in [0.15, 0.2) is 10.6 Å². The monoisotopic (exact) mass is 341 g/mol. The van der Waals surface area contributed by atoms with E-state index in [4.69, 9.17) is 9.47 Å². The van der Waals surface area contributed by atoms with E-state index in [9.17, 15) is 9.59 Å². The van der Waals surface area contributed by atoms with E-state index in [2.05, 4.69) is 10.9 Å². The van der Waals surface area contributed by atoms with Crippen LogP contribution in [0.5, 0.6) is 0 Å². The minimum absolute atomic E-state index is 0.129. The number of aliphatic imine (C=N–C) groups is 1. The molecule has 1 unspecified atom stereocenters. The van der Waals surface area contributed by atoms with Gasteiger partial charge in [-0.05, 0) is 39.5 Å². The molecule has 1 aliphatic carbocycles. The number of carbonyl (C=O) groups is 2. The fraction of sp³-hybridized carbons (Fsp3) is 0.765. The summed E-state index contributed by atoms with van der Waals surface area (Å²) < 4.78 is 9.71. The minimum atomic E-state index is -0.748. The Labute approximate surface area is 142 Å².